The smallest absolute Gasteiger partial charge is 0.211 e. The number of benzene rings is 1. The van der Waals surface area contributed by atoms with Gasteiger partial charge in [-0.3, -0.25) is 9.59 Å². The molecule has 0 spiro atoms. The minimum atomic E-state index is 0.486. The van der Waals surface area contributed by atoms with Crippen LogP contribution < -0.4 is 5.32 Å². The number of para-hydroxylation sites is 1. The van der Waals surface area contributed by atoms with Gasteiger partial charge in [0.05, 0.1) is 5.69 Å². The highest BCUT2D eigenvalue weighted by atomic mass is 16.1. The molecule has 1 amide bonds. The molecule has 3 nitrogen and oxygen atoms in total. The molecular formula is C8H7NO2. The zero-order valence-electron chi connectivity index (χ0n) is 5.78. The van der Waals surface area contributed by atoms with E-state index >= 15 is 0 Å². The van der Waals surface area contributed by atoms with Gasteiger partial charge >= 0.3 is 0 Å². The van der Waals surface area contributed by atoms with Gasteiger partial charge in [-0.1, -0.05) is 12.1 Å². The van der Waals surface area contributed by atoms with E-state index in [4.69, 9.17) is 0 Å². The topological polar surface area (TPSA) is 46.2 Å². The molecule has 0 heterocycles. The number of hydrogen-bond donors (Lipinski definition) is 1. The number of anilines is 1. The summed E-state index contributed by atoms with van der Waals surface area (Å²) in [7, 11) is 0. The molecule has 1 aromatic carbocycles. The normalized spacial score (nSPS) is 8.73. The van der Waals surface area contributed by atoms with Gasteiger partial charge in [-0.05, 0) is 12.1 Å². The highest BCUT2D eigenvalue weighted by Gasteiger charge is 1.96. The molecule has 0 aliphatic carbocycles. The van der Waals surface area contributed by atoms with E-state index in [-0.39, 0.29) is 0 Å². The van der Waals surface area contributed by atoms with Gasteiger partial charge in [-0.15, -0.1) is 0 Å². The van der Waals surface area contributed by atoms with E-state index in [2.05, 4.69) is 5.32 Å². The van der Waals surface area contributed by atoms with Crippen LogP contribution in [-0.2, 0) is 4.79 Å². The molecule has 0 saturated heterocycles. The third kappa shape index (κ3) is 1.64. The summed E-state index contributed by atoms with van der Waals surface area (Å²) in [6.45, 7) is 0. The zero-order chi connectivity index (χ0) is 8.10. The zero-order valence-corrected chi connectivity index (χ0v) is 5.78. The first-order chi connectivity index (χ1) is 5.38. The Hall–Kier alpha value is -1.64. The lowest BCUT2D eigenvalue weighted by Gasteiger charge is -1.99. The van der Waals surface area contributed by atoms with Crippen molar-refractivity contribution in [3.8, 4) is 0 Å². The summed E-state index contributed by atoms with van der Waals surface area (Å²) >= 11 is 0. The van der Waals surface area contributed by atoms with Crippen molar-refractivity contribution in [1.82, 2.24) is 0 Å². The molecule has 11 heavy (non-hydrogen) atoms. The fourth-order valence-corrected chi connectivity index (χ4v) is 0.795. The van der Waals surface area contributed by atoms with E-state index in [0.717, 1.165) is 0 Å². The number of hydrogen-bond acceptors (Lipinski definition) is 2. The molecule has 0 fully saturated rings. The van der Waals surface area contributed by atoms with Crippen molar-refractivity contribution in [1.29, 1.82) is 0 Å². The Bertz CT molecular complexity index is 271. The van der Waals surface area contributed by atoms with Crippen LogP contribution in [0, 0.1) is 0 Å². The van der Waals surface area contributed by atoms with E-state index in [1.165, 1.54) is 0 Å². The lowest BCUT2D eigenvalue weighted by Crippen LogP contribution is -1.97. The summed E-state index contributed by atoms with van der Waals surface area (Å²) in [6.07, 6.45) is 1.24. The third-order valence-electron chi connectivity index (χ3n) is 1.30. The van der Waals surface area contributed by atoms with E-state index in [0.29, 0.717) is 23.9 Å². The summed E-state index contributed by atoms with van der Waals surface area (Å²) in [4.78, 5) is 20.4. The Morgan fingerprint density at radius 3 is 2.55 bits per heavy atom. The number of amides is 1. The molecule has 56 valence electrons. The Morgan fingerprint density at radius 1 is 1.18 bits per heavy atom. The molecule has 0 atom stereocenters. The monoisotopic (exact) mass is 149 g/mol. The predicted octanol–water partition coefficient (Wildman–Crippen LogP) is 1.07. The fourth-order valence-electron chi connectivity index (χ4n) is 0.795. The summed E-state index contributed by atoms with van der Waals surface area (Å²) in [5, 5.41) is 2.42. The van der Waals surface area contributed by atoms with Crippen molar-refractivity contribution in [3.05, 3.63) is 29.8 Å². The molecular weight excluding hydrogens is 142 g/mol. The maximum atomic E-state index is 10.3. The standard InChI is InChI=1S/C8H7NO2/c10-5-7-3-1-2-4-8(7)9-6-11/h1-6H,(H,9,11). The van der Waals surface area contributed by atoms with Gasteiger partial charge in [0, 0.05) is 5.56 Å². The van der Waals surface area contributed by atoms with Crippen LogP contribution in [0.2, 0.25) is 0 Å². The molecule has 0 aliphatic heterocycles. The summed E-state index contributed by atoms with van der Waals surface area (Å²) < 4.78 is 0. The third-order valence-corrected chi connectivity index (χ3v) is 1.30. The number of aldehydes is 1. The quantitative estimate of drug-likeness (QED) is 0.653. The van der Waals surface area contributed by atoms with Gasteiger partial charge in [0.1, 0.15) is 0 Å². The molecule has 1 aromatic rings. The average molecular weight is 149 g/mol. The number of carbonyl (C=O) groups is 2. The minimum absolute atomic E-state index is 0.486. The highest BCUT2D eigenvalue weighted by Crippen LogP contribution is 2.10. The maximum Gasteiger partial charge on any atom is 0.211 e. The molecule has 3 heteroatoms. The summed E-state index contributed by atoms with van der Waals surface area (Å²) in [6, 6.07) is 6.79. The van der Waals surface area contributed by atoms with Crippen molar-refractivity contribution >= 4 is 18.4 Å². The average Bonchev–Trinajstić information content (AvgIpc) is 2.06. The van der Waals surface area contributed by atoms with Gasteiger partial charge in [-0.2, -0.15) is 0 Å². The van der Waals surface area contributed by atoms with Crippen LogP contribution in [0.3, 0.4) is 0 Å². The lowest BCUT2D eigenvalue weighted by atomic mass is 10.2. The predicted molar refractivity (Wildman–Crippen MR) is 41.5 cm³/mol. The van der Waals surface area contributed by atoms with Crippen LogP contribution >= 0.6 is 0 Å². The lowest BCUT2D eigenvalue weighted by molar-refractivity contribution is -0.105. The summed E-state index contributed by atoms with van der Waals surface area (Å²) in [5.74, 6) is 0. The van der Waals surface area contributed by atoms with Crippen LogP contribution in [0.25, 0.3) is 0 Å². The van der Waals surface area contributed by atoms with Crippen LogP contribution in [0.5, 0.6) is 0 Å². The van der Waals surface area contributed by atoms with Crippen LogP contribution in [0.4, 0.5) is 5.69 Å². The number of carbonyl (C=O) groups excluding carboxylic acids is 2. The van der Waals surface area contributed by atoms with Crippen molar-refractivity contribution in [2.24, 2.45) is 0 Å². The van der Waals surface area contributed by atoms with Crippen LogP contribution in [0.15, 0.2) is 24.3 Å². The molecule has 1 N–H and O–H groups in total. The van der Waals surface area contributed by atoms with Crippen molar-refractivity contribution in [2.75, 3.05) is 5.32 Å². The van der Waals surface area contributed by atoms with Crippen molar-refractivity contribution in [2.45, 2.75) is 0 Å². The largest absolute Gasteiger partial charge is 0.328 e. The Balaban J connectivity index is 3.01. The van der Waals surface area contributed by atoms with E-state index in [1.807, 2.05) is 0 Å². The van der Waals surface area contributed by atoms with E-state index in [9.17, 15) is 9.59 Å². The molecule has 0 unspecified atom stereocenters. The van der Waals surface area contributed by atoms with Gasteiger partial charge < -0.3 is 5.32 Å². The fraction of sp³-hybridized carbons (Fsp3) is 0. The van der Waals surface area contributed by atoms with Gasteiger partial charge in [0.15, 0.2) is 6.29 Å². The van der Waals surface area contributed by atoms with Crippen LogP contribution in [-0.4, -0.2) is 12.7 Å². The Labute approximate surface area is 64.0 Å². The van der Waals surface area contributed by atoms with E-state index in [1.54, 1.807) is 24.3 Å². The molecule has 0 aromatic heterocycles. The molecule has 0 bridgehead atoms. The number of nitrogens with one attached hydrogen (secondary N) is 1. The van der Waals surface area contributed by atoms with Gasteiger partial charge in [0.2, 0.25) is 6.41 Å². The minimum Gasteiger partial charge on any atom is -0.328 e. The highest BCUT2D eigenvalue weighted by molar-refractivity contribution is 5.88. The molecule has 0 aliphatic rings. The Morgan fingerprint density at radius 2 is 1.91 bits per heavy atom. The maximum absolute atomic E-state index is 10.3. The number of rotatable bonds is 3. The van der Waals surface area contributed by atoms with Crippen molar-refractivity contribution < 1.29 is 9.59 Å². The van der Waals surface area contributed by atoms with E-state index < -0.39 is 0 Å². The summed E-state index contributed by atoms with van der Waals surface area (Å²) in [5.41, 5.74) is 1.03. The van der Waals surface area contributed by atoms with Crippen LogP contribution in [0.1, 0.15) is 10.4 Å². The SMILES string of the molecule is O=CNc1ccccc1C=O. The molecule has 0 radical (unpaired) electrons. The van der Waals surface area contributed by atoms with Gasteiger partial charge in [0.25, 0.3) is 0 Å². The van der Waals surface area contributed by atoms with Crippen molar-refractivity contribution in [3.63, 3.8) is 0 Å². The molecule has 1 rings (SSSR count). The first kappa shape index (κ1) is 7.47. The second-order valence-electron chi connectivity index (χ2n) is 1.97. The first-order valence-electron chi connectivity index (χ1n) is 3.13. The first-order valence-corrected chi connectivity index (χ1v) is 3.13. The molecule has 0 saturated carbocycles. The Kier molecular flexibility index (Phi) is 2.38. The van der Waals surface area contributed by atoms with Gasteiger partial charge in [-0.25, -0.2) is 0 Å². The second kappa shape index (κ2) is 3.51. The second-order valence-corrected chi connectivity index (χ2v) is 1.97.